The Morgan fingerprint density at radius 2 is 1.51 bits per heavy atom. The second kappa shape index (κ2) is 12.7. The van der Waals surface area contributed by atoms with E-state index in [2.05, 4.69) is 37.2 Å². The molecule has 0 heterocycles. The van der Waals surface area contributed by atoms with Crippen molar-refractivity contribution in [3.8, 4) is 0 Å². The van der Waals surface area contributed by atoms with Crippen LogP contribution in [0.5, 0.6) is 0 Å². The third kappa shape index (κ3) is 7.66. The minimum Gasteiger partial charge on any atom is -0.352 e. The van der Waals surface area contributed by atoms with Crippen molar-refractivity contribution in [2.24, 2.45) is 0 Å². The normalized spacial score (nSPS) is 12.2. The maximum Gasteiger partial charge on any atom is 0.264 e. The molecule has 0 bridgehead atoms. The lowest BCUT2D eigenvalue weighted by Gasteiger charge is -2.32. The average Bonchev–Trinajstić information content (AvgIpc) is 2.86. The first-order chi connectivity index (χ1) is 17.5. The number of nitrogens with zero attached hydrogens (tertiary/aromatic N) is 2. The summed E-state index contributed by atoms with van der Waals surface area (Å²) in [6.07, 6.45) is 0. The smallest absolute Gasteiger partial charge is 0.264 e. The summed E-state index contributed by atoms with van der Waals surface area (Å²) in [5.41, 5.74) is 1.13. The zero-order valence-electron chi connectivity index (χ0n) is 20.8. The number of rotatable bonds is 10. The summed E-state index contributed by atoms with van der Waals surface area (Å²) >= 11 is 6.80. The summed E-state index contributed by atoms with van der Waals surface area (Å²) in [6.45, 7) is 4.98. The van der Waals surface area contributed by atoms with Crippen LogP contribution in [0.1, 0.15) is 26.3 Å². The summed E-state index contributed by atoms with van der Waals surface area (Å²) in [4.78, 5) is 28.2. The second-order valence-electron chi connectivity index (χ2n) is 8.79. The third-order valence-corrected chi connectivity index (χ3v) is 8.38. The van der Waals surface area contributed by atoms with E-state index in [4.69, 9.17) is 0 Å². The van der Waals surface area contributed by atoms with Crippen LogP contribution in [0.2, 0.25) is 0 Å². The van der Waals surface area contributed by atoms with Gasteiger partial charge in [-0.2, -0.15) is 0 Å². The number of halogens is 2. The highest BCUT2D eigenvalue weighted by molar-refractivity contribution is 9.10. The molecular weight excluding hydrogens is 622 g/mol. The maximum absolute atomic E-state index is 13.8. The molecule has 0 unspecified atom stereocenters. The Labute approximate surface area is 235 Å². The van der Waals surface area contributed by atoms with Crippen molar-refractivity contribution in [2.45, 2.75) is 44.3 Å². The van der Waals surface area contributed by atoms with Gasteiger partial charge >= 0.3 is 0 Å². The van der Waals surface area contributed by atoms with E-state index >= 15 is 0 Å². The second-order valence-corrected chi connectivity index (χ2v) is 12.5. The molecule has 1 N–H and O–H groups in total. The number of carbonyl (C=O) groups excluding carboxylic acids is 2. The van der Waals surface area contributed by atoms with E-state index in [-0.39, 0.29) is 23.4 Å². The van der Waals surface area contributed by atoms with Gasteiger partial charge in [-0.15, -0.1) is 0 Å². The van der Waals surface area contributed by atoms with Crippen LogP contribution < -0.4 is 9.62 Å². The Hall–Kier alpha value is -2.69. The van der Waals surface area contributed by atoms with Gasteiger partial charge in [0, 0.05) is 21.5 Å². The molecule has 0 aliphatic carbocycles. The standard InChI is InChI=1S/C27H29Br2N3O4S/c1-19(2)30-27(34)20(3)31(17-21-12-14-22(28)15-13-21)26(33)18-32(24-9-7-8-23(29)16-24)37(35,36)25-10-5-4-6-11-25/h4-16,19-20H,17-18H2,1-3H3,(H,30,34)/t20-/m0/s1. The monoisotopic (exact) mass is 649 g/mol. The molecule has 2 amide bonds. The molecule has 0 aliphatic rings. The van der Waals surface area contributed by atoms with Crippen LogP contribution >= 0.6 is 31.9 Å². The molecule has 0 aromatic heterocycles. The topological polar surface area (TPSA) is 86.8 Å². The highest BCUT2D eigenvalue weighted by Gasteiger charge is 2.32. The Balaban J connectivity index is 2.01. The summed E-state index contributed by atoms with van der Waals surface area (Å²) in [7, 11) is -4.08. The fourth-order valence-electron chi connectivity index (χ4n) is 3.65. The Kier molecular flexibility index (Phi) is 9.92. The van der Waals surface area contributed by atoms with Gasteiger partial charge in [-0.1, -0.05) is 68.3 Å². The molecule has 0 fully saturated rings. The highest BCUT2D eigenvalue weighted by Crippen LogP contribution is 2.27. The van der Waals surface area contributed by atoms with Crippen LogP contribution in [-0.4, -0.2) is 43.8 Å². The quantitative estimate of drug-likeness (QED) is 0.321. The number of carbonyl (C=O) groups is 2. The molecule has 3 aromatic carbocycles. The molecule has 1 atom stereocenters. The lowest BCUT2D eigenvalue weighted by molar-refractivity contribution is -0.139. The number of anilines is 1. The molecule has 0 radical (unpaired) electrons. The minimum absolute atomic E-state index is 0.0628. The highest BCUT2D eigenvalue weighted by atomic mass is 79.9. The predicted octanol–water partition coefficient (Wildman–Crippen LogP) is 5.35. The van der Waals surface area contributed by atoms with Crippen molar-refractivity contribution in [1.29, 1.82) is 0 Å². The first kappa shape index (κ1) is 28.9. The SMILES string of the molecule is CC(C)NC(=O)[C@H](C)N(Cc1ccc(Br)cc1)C(=O)CN(c1cccc(Br)c1)S(=O)(=O)c1ccccc1. The Morgan fingerprint density at radius 1 is 0.865 bits per heavy atom. The summed E-state index contributed by atoms with van der Waals surface area (Å²) in [5, 5.41) is 2.84. The van der Waals surface area contributed by atoms with E-state index in [0.717, 1.165) is 14.3 Å². The molecule has 196 valence electrons. The molecule has 37 heavy (non-hydrogen) atoms. The van der Waals surface area contributed by atoms with Crippen LogP contribution in [0.4, 0.5) is 5.69 Å². The lowest BCUT2D eigenvalue weighted by atomic mass is 10.1. The fourth-order valence-corrected chi connectivity index (χ4v) is 5.73. The van der Waals surface area contributed by atoms with Crippen LogP contribution in [-0.2, 0) is 26.2 Å². The van der Waals surface area contributed by atoms with Crippen molar-refractivity contribution < 1.29 is 18.0 Å². The van der Waals surface area contributed by atoms with Gasteiger partial charge in [0.25, 0.3) is 10.0 Å². The molecule has 3 aromatic rings. The number of hydrogen-bond acceptors (Lipinski definition) is 4. The zero-order chi connectivity index (χ0) is 27.2. The number of benzene rings is 3. The van der Waals surface area contributed by atoms with Gasteiger partial charge in [-0.25, -0.2) is 8.42 Å². The Morgan fingerprint density at radius 3 is 2.11 bits per heavy atom. The number of amides is 2. The van der Waals surface area contributed by atoms with E-state index < -0.39 is 28.5 Å². The fraction of sp³-hybridized carbons (Fsp3) is 0.259. The predicted molar refractivity (Wildman–Crippen MR) is 153 cm³/mol. The molecule has 10 heteroatoms. The van der Waals surface area contributed by atoms with Gasteiger partial charge in [-0.3, -0.25) is 13.9 Å². The number of hydrogen-bond donors (Lipinski definition) is 1. The molecule has 0 saturated heterocycles. The van der Waals surface area contributed by atoms with Gasteiger partial charge in [0.15, 0.2) is 0 Å². The van der Waals surface area contributed by atoms with Crippen LogP contribution in [0.15, 0.2) is 92.7 Å². The van der Waals surface area contributed by atoms with Gasteiger partial charge in [0.05, 0.1) is 10.6 Å². The zero-order valence-corrected chi connectivity index (χ0v) is 24.8. The van der Waals surface area contributed by atoms with Crippen molar-refractivity contribution in [1.82, 2.24) is 10.2 Å². The first-order valence-corrected chi connectivity index (χ1v) is 14.7. The van der Waals surface area contributed by atoms with Gasteiger partial charge in [-0.05, 0) is 68.8 Å². The average molecular weight is 651 g/mol. The van der Waals surface area contributed by atoms with E-state index in [1.165, 1.54) is 17.0 Å². The maximum atomic E-state index is 13.8. The van der Waals surface area contributed by atoms with Crippen molar-refractivity contribution >= 4 is 59.4 Å². The third-order valence-electron chi connectivity index (χ3n) is 5.57. The molecule has 0 aliphatic heterocycles. The Bertz CT molecular complexity index is 1330. The van der Waals surface area contributed by atoms with E-state index in [1.807, 2.05) is 38.1 Å². The van der Waals surface area contributed by atoms with E-state index in [9.17, 15) is 18.0 Å². The van der Waals surface area contributed by atoms with E-state index in [1.54, 1.807) is 49.4 Å². The van der Waals surface area contributed by atoms with Gasteiger partial charge in [0.2, 0.25) is 11.8 Å². The van der Waals surface area contributed by atoms with E-state index in [0.29, 0.717) is 10.2 Å². The molecule has 3 rings (SSSR count). The molecular formula is C27H29Br2N3O4S. The van der Waals surface area contributed by atoms with Crippen molar-refractivity contribution in [2.75, 3.05) is 10.8 Å². The van der Waals surface area contributed by atoms with Crippen LogP contribution in [0, 0.1) is 0 Å². The molecule has 0 saturated carbocycles. The van der Waals surface area contributed by atoms with Crippen LogP contribution in [0.3, 0.4) is 0 Å². The van der Waals surface area contributed by atoms with Gasteiger partial charge < -0.3 is 10.2 Å². The van der Waals surface area contributed by atoms with Gasteiger partial charge in [0.1, 0.15) is 12.6 Å². The molecule has 0 spiro atoms. The number of nitrogens with one attached hydrogen (secondary N) is 1. The van der Waals surface area contributed by atoms with Crippen molar-refractivity contribution in [3.05, 3.63) is 93.4 Å². The first-order valence-electron chi connectivity index (χ1n) is 11.7. The lowest BCUT2D eigenvalue weighted by Crippen LogP contribution is -2.52. The minimum atomic E-state index is -4.08. The number of sulfonamides is 1. The summed E-state index contributed by atoms with van der Waals surface area (Å²) < 4.78 is 30.0. The van der Waals surface area contributed by atoms with Crippen LogP contribution in [0.25, 0.3) is 0 Å². The van der Waals surface area contributed by atoms with Crippen molar-refractivity contribution in [3.63, 3.8) is 0 Å². The largest absolute Gasteiger partial charge is 0.352 e. The molecule has 7 nitrogen and oxygen atoms in total. The summed E-state index contributed by atoms with van der Waals surface area (Å²) in [5.74, 6) is -0.825. The summed E-state index contributed by atoms with van der Waals surface area (Å²) in [6, 6.07) is 21.2.